The van der Waals surface area contributed by atoms with Gasteiger partial charge < -0.3 is 15.2 Å². The highest BCUT2D eigenvalue weighted by molar-refractivity contribution is 5.83. The van der Waals surface area contributed by atoms with Crippen LogP contribution in [0.2, 0.25) is 0 Å². The molecule has 0 radical (unpaired) electrons. The van der Waals surface area contributed by atoms with E-state index in [1.165, 1.54) is 12.1 Å². The summed E-state index contributed by atoms with van der Waals surface area (Å²) in [5.41, 5.74) is 0.586. The van der Waals surface area contributed by atoms with Crippen LogP contribution in [0.5, 0.6) is 0 Å². The van der Waals surface area contributed by atoms with E-state index < -0.39 is 10.8 Å². The molecule has 0 saturated heterocycles. The zero-order chi connectivity index (χ0) is 15.7. The molecule has 0 saturated carbocycles. The lowest BCUT2D eigenvalue weighted by Gasteiger charge is -2.12. The summed E-state index contributed by atoms with van der Waals surface area (Å²) in [6, 6.07) is 6.07. The average Bonchev–Trinajstić information content (AvgIpc) is 2.49. The fourth-order valence-electron chi connectivity index (χ4n) is 1.76. The molecule has 0 heterocycles. The lowest BCUT2D eigenvalue weighted by Crippen LogP contribution is -2.29. The first-order chi connectivity index (χ1) is 10.1. The average molecular weight is 296 g/mol. The van der Waals surface area contributed by atoms with Gasteiger partial charge in [0.1, 0.15) is 0 Å². The van der Waals surface area contributed by atoms with Crippen LogP contribution < -0.4 is 5.32 Å². The number of hydrogen-bond donors (Lipinski definition) is 2. The van der Waals surface area contributed by atoms with Crippen molar-refractivity contribution in [1.82, 2.24) is 5.32 Å². The number of aliphatic hydroxyl groups is 1. The third-order valence-corrected chi connectivity index (χ3v) is 2.97. The molecule has 21 heavy (non-hydrogen) atoms. The van der Waals surface area contributed by atoms with Gasteiger partial charge >= 0.3 is 0 Å². The maximum atomic E-state index is 12.0. The number of amides is 1. The number of ether oxygens (including phenoxy) is 1. The van der Waals surface area contributed by atoms with Gasteiger partial charge in [-0.3, -0.25) is 14.9 Å². The molecule has 1 aromatic rings. The Morgan fingerprint density at radius 3 is 2.90 bits per heavy atom. The Morgan fingerprint density at radius 2 is 2.24 bits per heavy atom. The standard InChI is InChI=1S/C14H20N2O5/c1-11(12-4-2-5-13(10-12)16(19)20)14(18)15-6-3-8-21-9-7-17/h2,4-5,10-11,17H,3,6-9H2,1H3,(H,15,18). The number of nitro groups is 1. The molecule has 0 bridgehead atoms. The first-order valence-corrected chi connectivity index (χ1v) is 6.77. The van der Waals surface area contributed by atoms with Gasteiger partial charge in [-0.25, -0.2) is 0 Å². The molecule has 1 atom stereocenters. The summed E-state index contributed by atoms with van der Waals surface area (Å²) in [4.78, 5) is 22.2. The summed E-state index contributed by atoms with van der Waals surface area (Å²) in [7, 11) is 0. The summed E-state index contributed by atoms with van der Waals surface area (Å²) in [6.45, 7) is 2.90. The van der Waals surface area contributed by atoms with Crippen LogP contribution in [0.1, 0.15) is 24.8 Å². The molecule has 0 fully saturated rings. The highest BCUT2D eigenvalue weighted by Crippen LogP contribution is 2.20. The smallest absolute Gasteiger partial charge is 0.269 e. The highest BCUT2D eigenvalue weighted by Gasteiger charge is 2.17. The van der Waals surface area contributed by atoms with E-state index in [-0.39, 0.29) is 24.8 Å². The molecule has 1 unspecified atom stereocenters. The van der Waals surface area contributed by atoms with Gasteiger partial charge in [-0.15, -0.1) is 0 Å². The Bertz CT molecular complexity index is 478. The summed E-state index contributed by atoms with van der Waals surface area (Å²) >= 11 is 0. The fraction of sp³-hybridized carbons (Fsp3) is 0.500. The Hall–Kier alpha value is -1.99. The SMILES string of the molecule is CC(C(=O)NCCCOCCO)c1cccc([N+](=O)[O-])c1. The van der Waals surface area contributed by atoms with Crippen molar-refractivity contribution >= 4 is 11.6 Å². The van der Waals surface area contributed by atoms with Crippen LogP contribution in [0.15, 0.2) is 24.3 Å². The molecule has 116 valence electrons. The minimum absolute atomic E-state index is 0.0177. The number of nitrogens with zero attached hydrogens (tertiary/aromatic N) is 1. The van der Waals surface area contributed by atoms with Crippen LogP contribution in [0.4, 0.5) is 5.69 Å². The van der Waals surface area contributed by atoms with Crippen molar-refractivity contribution in [2.75, 3.05) is 26.4 Å². The number of nitrogens with one attached hydrogen (secondary N) is 1. The topological polar surface area (TPSA) is 102 Å². The van der Waals surface area contributed by atoms with Crippen LogP contribution in [-0.4, -0.2) is 42.3 Å². The molecule has 1 amide bonds. The Morgan fingerprint density at radius 1 is 1.48 bits per heavy atom. The molecule has 0 aliphatic heterocycles. The predicted molar refractivity (Wildman–Crippen MR) is 77.0 cm³/mol. The van der Waals surface area contributed by atoms with Gasteiger partial charge in [-0.2, -0.15) is 0 Å². The van der Waals surface area contributed by atoms with E-state index >= 15 is 0 Å². The normalized spacial score (nSPS) is 11.9. The maximum Gasteiger partial charge on any atom is 0.269 e. The molecule has 7 nitrogen and oxygen atoms in total. The van der Waals surface area contributed by atoms with Gasteiger partial charge in [0.05, 0.1) is 24.1 Å². The minimum atomic E-state index is -0.480. The molecule has 1 aromatic carbocycles. The van der Waals surface area contributed by atoms with Crippen LogP contribution in [0, 0.1) is 10.1 Å². The molecule has 2 N–H and O–H groups in total. The molecule has 1 rings (SSSR count). The Labute approximate surface area is 123 Å². The van der Waals surface area contributed by atoms with E-state index in [4.69, 9.17) is 9.84 Å². The lowest BCUT2D eigenvalue weighted by atomic mass is 10.00. The maximum absolute atomic E-state index is 12.0. The van der Waals surface area contributed by atoms with Gasteiger partial charge in [0.25, 0.3) is 5.69 Å². The number of nitro benzene ring substituents is 1. The zero-order valence-corrected chi connectivity index (χ0v) is 11.9. The van der Waals surface area contributed by atoms with Crippen molar-refractivity contribution in [2.45, 2.75) is 19.3 Å². The summed E-state index contributed by atoms with van der Waals surface area (Å²) in [5.74, 6) is -0.638. The summed E-state index contributed by atoms with van der Waals surface area (Å²) in [6.07, 6.45) is 0.646. The van der Waals surface area contributed by atoms with E-state index in [1.807, 2.05) is 0 Å². The second kappa shape index (κ2) is 9.04. The van der Waals surface area contributed by atoms with Crippen molar-refractivity contribution in [3.63, 3.8) is 0 Å². The van der Waals surface area contributed by atoms with Crippen LogP contribution in [0.25, 0.3) is 0 Å². The molecular weight excluding hydrogens is 276 g/mol. The Kier molecular flexibility index (Phi) is 7.34. The number of rotatable bonds is 9. The molecule has 0 aliphatic rings. The molecule has 0 aliphatic carbocycles. The van der Waals surface area contributed by atoms with Crippen LogP contribution in [0.3, 0.4) is 0 Å². The second-order valence-electron chi connectivity index (χ2n) is 4.55. The zero-order valence-electron chi connectivity index (χ0n) is 11.9. The van der Waals surface area contributed by atoms with Crippen LogP contribution >= 0.6 is 0 Å². The third-order valence-electron chi connectivity index (χ3n) is 2.97. The first kappa shape index (κ1) is 17.1. The monoisotopic (exact) mass is 296 g/mol. The van der Waals surface area contributed by atoms with E-state index in [0.29, 0.717) is 25.1 Å². The highest BCUT2D eigenvalue weighted by atomic mass is 16.6. The number of hydrogen-bond acceptors (Lipinski definition) is 5. The predicted octanol–water partition coefficient (Wildman–Crippen LogP) is 1.21. The molecule has 0 spiro atoms. The van der Waals surface area contributed by atoms with Gasteiger partial charge in [0.15, 0.2) is 0 Å². The third kappa shape index (κ3) is 5.88. The number of aliphatic hydroxyl groups excluding tert-OH is 1. The minimum Gasteiger partial charge on any atom is -0.394 e. The fourth-order valence-corrected chi connectivity index (χ4v) is 1.76. The van der Waals surface area contributed by atoms with E-state index in [2.05, 4.69) is 5.32 Å². The summed E-state index contributed by atoms with van der Waals surface area (Å²) < 4.78 is 5.08. The van der Waals surface area contributed by atoms with Crippen molar-refractivity contribution < 1.29 is 19.6 Å². The van der Waals surface area contributed by atoms with Gasteiger partial charge in [-0.1, -0.05) is 12.1 Å². The second-order valence-corrected chi connectivity index (χ2v) is 4.55. The van der Waals surface area contributed by atoms with Crippen molar-refractivity contribution in [3.8, 4) is 0 Å². The number of carbonyl (C=O) groups excluding carboxylic acids is 1. The van der Waals surface area contributed by atoms with Gasteiger partial charge in [0, 0.05) is 25.3 Å². The lowest BCUT2D eigenvalue weighted by molar-refractivity contribution is -0.384. The van der Waals surface area contributed by atoms with E-state index in [0.717, 1.165) is 0 Å². The van der Waals surface area contributed by atoms with Crippen LogP contribution in [-0.2, 0) is 9.53 Å². The summed E-state index contributed by atoms with van der Waals surface area (Å²) in [5, 5.41) is 22.0. The largest absolute Gasteiger partial charge is 0.394 e. The van der Waals surface area contributed by atoms with Crippen molar-refractivity contribution in [3.05, 3.63) is 39.9 Å². The van der Waals surface area contributed by atoms with Gasteiger partial charge in [-0.05, 0) is 18.9 Å². The number of non-ortho nitro benzene ring substituents is 1. The van der Waals surface area contributed by atoms with Gasteiger partial charge in [0.2, 0.25) is 5.91 Å². The van der Waals surface area contributed by atoms with Crippen molar-refractivity contribution in [1.29, 1.82) is 0 Å². The molecular formula is C14H20N2O5. The van der Waals surface area contributed by atoms with E-state index in [9.17, 15) is 14.9 Å². The number of carbonyl (C=O) groups is 1. The first-order valence-electron chi connectivity index (χ1n) is 6.77. The molecule has 7 heteroatoms. The van der Waals surface area contributed by atoms with Crippen molar-refractivity contribution in [2.24, 2.45) is 0 Å². The number of benzene rings is 1. The quantitative estimate of drug-likeness (QED) is 0.405. The molecule has 0 aromatic heterocycles. The van der Waals surface area contributed by atoms with E-state index in [1.54, 1.807) is 19.1 Å². The Balaban J connectivity index is 2.43.